The Morgan fingerprint density at radius 3 is 2.43 bits per heavy atom. The molecule has 210 valence electrons. The zero-order valence-corrected chi connectivity index (χ0v) is 23.8. The van der Waals surface area contributed by atoms with Gasteiger partial charge in [0, 0.05) is 29.3 Å². The minimum atomic E-state index is -0.411. The average molecular weight is 555 g/mol. The number of primary amides is 1. The Bertz CT molecular complexity index is 1750. The Morgan fingerprint density at radius 2 is 1.69 bits per heavy atom. The first-order chi connectivity index (χ1) is 20.5. The molecule has 7 heteroatoms. The maximum atomic E-state index is 12.0. The number of hydrogen-bond acceptors (Lipinski definition) is 5. The fourth-order valence-electron chi connectivity index (χ4n) is 6.24. The summed E-state index contributed by atoms with van der Waals surface area (Å²) in [5, 5.41) is 0. The van der Waals surface area contributed by atoms with E-state index in [1.807, 2.05) is 43.3 Å². The van der Waals surface area contributed by atoms with Crippen LogP contribution >= 0.6 is 0 Å². The Labute approximate surface area is 245 Å². The molecule has 0 saturated carbocycles. The highest BCUT2D eigenvalue weighted by Crippen LogP contribution is 2.34. The highest BCUT2D eigenvalue weighted by molar-refractivity contribution is 6.12. The summed E-state index contributed by atoms with van der Waals surface area (Å²) >= 11 is 0. The SMILES string of the molecule is Cc1cc2c(cc1C(N)=O)CN(c1ccc(CN3CCC(c4nc5ccccc5[nH]4)CC3)cc1)C(c1ccccc1)=N2. The number of nitrogens with one attached hydrogen (secondary N) is 1. The van der Waals surface area contributed by atoms with Crippen molar-refractivity contribution in [2.24, 2.45) is 10.7 Å². The molecule has 0 aliphatic carbocycles. The zero-order valence-electron chi connectivity index (χ0n) is 23.8. The van der Waals surface area contributed by atoms with Crippen molar-refractivity contribution >= 4 is 34.2 Å². The minimum absolute atomic E-state index is 0.411. The molecule has 1 saturated heterocycles. The van der Waals surface area contributed by atoms with Gasteiger partial charge in [-0.1, -0.05) is 54.6 Å². The van der Waals surface area contributed by atoms with Gasteiger partial charge in [0.25, 0.3) is 0 Å². The molecule has 3 N–H and O–H groups in total. The van der Waals surface area contributed by atoms with Crippen molar-refractivity contribution in [3.63, 3.8) is 0 Å². The second-order valence-electron chi connectivity index (χ2n) is 11.4. The van der Waals surface area contributed by atoms with Crippen LogP contribution in [0.5, 0.6) is 0 Å². The number of aromatic amines is 1. The van der Waals surface area contributed by atoms with Crippen molar-refractivity contribution in [1.29, 1.82) is 0 Å². The summed E-state index contributed by atoms with van der Waals surface area (Å²) in [5.74, 6) is 2.09. The number of piperidine rings is 1. The lowest BCUT2D eigenvalue weighted by atomic mass is 9.96. The molecule has 7 nitrogen and oxygen atoms in total. The van der Waals surface area contributed by atoms with Crippen LogP contribution in [0.1, 0.15) is 57.2 Å². The van der Waals surface area contributed by atoms with E-state index in [0.717, 1.165) is 83.2 Å². The fourth-order valence-corrected chi connectivity index (χ4v) is 6.24. The standard InChI is InChI=1S/C35H34N6O/c1-23-19-32-27(20-29(23)33(36)42)22-41(35(39-32)26-7-3-2-4-8-26)28-13-11-24(12-14-28)21-40-17-15-25(16-18-40)34-37-30-9-5-6-10-31(30)38-34/h2-14,19-20,25H,15-18,21-22H2,1H3,(H2,36,42)(H,37,38). The lowest BCUT2D eigenvalue weighted by Gasteiger charge is -2.32. The number of anilines is 1. The summed E-state index contributed by atoms with van der Waals surface area (Å²) in [5.41, 5.74) is 14.5. The molecule has 0 atom stereocenters. The molecule has 7 rings (SSSR count). The number of hydrogen-bond donors (Lipinski definition) is 2. The predicted octanol–water partition coefficient (Wildman–Crippen LogP) is 6.45. The van der Waals surface area contributed by atoms with E-state index >= 15 is 0 Å². The summed E-state index contributed by atoms with van der Waals surface area (Å²) in [6.07, 6.45) is 2.21. The summed E-state index contributed by atoms with van der Waals surface area (Å²) in [4.78, 5) is 30.2. The van der Waals surface area contributed by atoms with Crippen LogP contribution < -0.4 is 10.6 Å². The average Bonchev–Trinajstić information content (AvgIpc) is 3.46. The van der Waals surface area contributed by atoms with Crippen molar-refractivity contribution in [1.82, 2.24) is 14.9 Å². The predicted molar refractivity (Wildman–Crippen MR) is 168 cm³/mol. The maximum absolute atomic E-state index is 12.0. The number of aromatic nitrogens is 2. The third-order valence-corrected chi connectivity index (χ3v) is 8.57. The van der Waals surface area contributed by atoms with Crippen LogP contribution in [0.15, 0.2) is 96.0 Å². The molecule has 0 unspecified atom stereocenters. The Hall–Kier alpha value is -4.75. The molecular formula is C35H34N6O. The van der Waals surface area contributed by atoms with Gasteiger partial charge >= 0.3 is 0 Å². The number of aliphatic imine (C=N–C) groups is 1. The largest absolute Gasteiger partial charge is 0.366 e. The second-order valence-corrected chi connectivity index (χ2v) is 11.4. The van der Waals surface area contributed by atoms with Crippen molar-refractivity contribution in [3.8, 4) is 0 Å². The Balaban J connectivity index is 1.08. The number of para-hydroxylation sites is 2. The first-order valence-corrected chi connectivity index (χ1v) is 14.6. The smallest absolute Gasteiger partial charge is 0.248 e. The van der Waals surface area contributed by atoms with Gasteiger partial charge in [-0.2, -0.15) is 0 Å². The second kappa shape index (κ2) is 10.9. The van der Waals surface area contributed by atoms with Gasteiger partial charge in [-0.05, 0) is 85.9 Å². The molecule has 3 heterocycles. The van der Waals surface area contributed by atoms with E-state index in [-0.39, 0.29) is 0 Å². The number of fused-ring (bicyclic) bond motifs is 2. The minimum Gasteiger partial charge on any atom is -0.366 e. The van der Waals surface area contributed by atoms with Crippen LogP contribution in [0.25, 0.3) is 11.0 Å². The van der Waals surface area contributed by atoms with Gasteiger partial charge < -0.3 is 15.6 Å². The van der Waals surface area contributed by atoms with Gasteiger partial charge in [0.05, 0.1) is 23.3 Å². The lowest BCUT2D eigenvalue weighted by Crippen LogP contribution is -2.34. The molecule has 5 aromatic rings. The Morgan fingerprint density at radius 1 is 0.952 bits per heavy atom. The number of aryl methyl sites for hydroxylation is 1. The number of amides is 1. The van der Waals surface area contributed by atoms with Gasteiger partial charge in [-0.15, -0.1) is 0 Å². The van der Waals surface area contributed by atoms with E-state index in [1.54, 1.807) is 0 Å². The van der Waals surface area contributed by atoms with Crippen LogP contribution in [-0.2, 0) is 13.1 Å². The number of H-pyrrole nitrogens is 1. The van der Waals surface area contributed by atoms with E-state index in [4.69, 9.17) is 15.7 Å². The molecule has 0 spiro atoms. The summed E-state index contributed by atoms with van der Waals surface area (Å²) in [6, 6.07) is 31.2. The van der Waals surface area contributed by atoms with E-state index in [9.17, 15) is 4.79 Å². The molecular weight excluding hydrogens is 520 g/mol. The van der Waals surface area contributed by atoms with Crippen molar-refractivity contribution in [2.45, 2.75) is 38.8 Å². The Kier molecular flexibility index (Phi) is 6.80. The van der Waals surface area contributed by atoms with Crippen molar-refractivity contribution in [2.75, 3.05) is 18.0 Å². The molecule has 4 aromatic carbocycles. The summed E-state index contributed by atoms with van der Waals surface area (Å²) in [6.45, 7) is 5.55. The van der Waals surface area contributed by atoms with Crippen molar-refractivity contribution < 1.29 is 4.79 Å². The number of benzene rings is 4. The summed E-state index contributed by atoms with van der Waals surface area (Å²) < 4.78 is 0. The number of rotatable bonds is 6. The van der Waals surface area contributed by atoms with Crippen LogP contribution in [-0.4, -0.2) is 39.7 Å². The molecule has 2 aliphatic rings. The number of amidine groups is 1. The van der Waals surface area contributed by atoms with Gasteiger partial charge in [0.1, 0.15) is 11.7 Å². The van der Waals surface area contributed by atoms with E-state index in [1.165, 1.54) is 5.56 Å². The fraction of sp³-hybridized carbons (Fsp3) is 0.229. The number of carbonyl (C=O) groups is 1. The number of imidazole rings is 1. The highest BCUT2D eigenvalue weighted by Gasteiger charge is 2.26. The molecule has 2 aliphatic heterocycles. The topological polar surface area (TPSA) is 90.6 Å². The first-order valence-electron chi connectivity index (χ1n) is 14.6. The van der Waals surface area contributed by atoms with Crippen LogP contribution in [0.4, 0.5) is 11.4 Å². The molecule has 42 heavy (non-hydrogen) atoms. The van der Waals surface area contributed by atoms with E-state index in [2.05, 4.69) is 69.4 Å². The molecule has 1 amide bonds. The number of nitrogens with zero attached hydrogens (tertiary/aromatic N) is 4. The monoisotopic (exact) mass is 554 g/mol. The van der Waals surface area contributed by atoms with E-state index in [0.29, 0.717) is 18.0 Å². The van der Waals surface area contributed by atoms with Gasteiger partial charge in [0.15, 0.2) is 0 Å². The molecule has 1 fully saturated rings. The number of carbonyl (C=O) groups excluding carboxylic acids is 1. The molecule has 1 aromatic heterocycles. The van der Waals surface area contributed by atoms with Crippen LogP contribution in [0.2, 0.25) is 0 Å². The van der Waals surface area contributed by atoms with Gasteiger partial charge in [-0.3, -0.25) is 9.69 Å². The summed E-state index contributed by atoms with van der Waals surface area (Å²) in [7, 11) is 0. The molecule has 0 bridgehead atoms. The van der Waals surface area contributed by atoms with Crippen molar-refractivity contribution in [3.05, 3.63) is 125 Å². The van der Waals surface area contributed by atoms with Crippen LogP contribution in [0, 0.1) is 6.92 Å². The molecule has 0 radical (unpaired) electrons. The quantitative estimate of drug-likeness (QED) is 0.252. The number of nitrogens with two attached hydrogens (primary N) is 1. The third-order valence-electron chi connectivity index (χ3n) is 8.57. The maximum Gasteiger partial charge on any atom is 0.248 e. The third kappa shape index (κ3) is 5.08. The van der Waals surface area contributed by atoms with E-state index < -0.39 is 5.91 Å². The highest BCUT2D eigenvalue weighted by atomic mass is 16.1. The number of likely N-dealkylation sites (tertiary alicyclic amines) is 1. The van der Waals surface area contributed by atoms with Crippen LogP contribution in [0.3, 0.4) is 0 Å². The van der Waals surface area contributed by atoms with Gasteiger partial charge in [-0.25, -0.2) is 9.98 Å². The van der Waals surface area contributed by atoms with Gasteiger partial charge in [0.2, 0.25) is 5.91 Å². The normalized spacial score (nSPS) is 15.9. The lowest BCUT2D eigenvalue weighted by molar-refractivity contribution is 0.0999. The first kappa shape index (κ1) is 26.2. The zero-order chi connectivity index (χ0) is 28.6.